The standard InChI is InChI=1S/C23H25ClO4/c1-21(2)9-15(25)19-16(10-21)28-23(17(26)11-22(3,4)12-18(23)27)20(19)13-6-5-7-14(24)8-13/h5-8,20H,9-12H2,1-4H3/t20-/m0/s1. The Morgan fingerprint density at radius 3 is 2.14 bits per heavy atom. The summed E-state index contributed by atoms with van der Waals surface area (Å²) in [6, 6.07) is 7.08. The number of hydrogen-bond acceptors (Lipinski definition) is 4. The number of halogens is 1. The number of allylic oxidation sites excluding steroid dienone is 1. The molecule has 4 nitrogen and oxygen atoms in total. The molecule has 0 unspecified atom stereocenters. The number of carbonyl (C=O) groups is 3. The second-order valence-corrected chi connectivity index (χ2v) is 10.4. The van der Waals surface area contributed by atoms with Crippen LogP contribution in [0, 0.1) is 10.8 Å². The van der Waals surface area contributed by atoms with Gasteiger partial charge < -0.3 is 4.74 Å². The van der Waals surface area contributed by atoms with Gasteiger partial charge in [-0.05, 0) is 28.5 Å². The second kappa shape index (κ2) is 6.03. The van der Waals surface area contributed by atoms with E-state index in [0.29, 0.717) is 34.8 Å². The van der Waals surface area contributed by atoms with Crippen LogP contribution in [0.25, 0.3) is 0 Å². The smallest absolute Gasteiger partial charge is 0.234 e. The van der Waals surface area contributed by atoms with Gasteiger partial charge in [0.25, 0.3) is 0 Å². The minimum Gasteiger partial charge on any atom is -0.474 e. The quantitative estimate of drug-likeness (QED) is 0.635. The Kier molecular flexibility index (Phi) is 4.17. The van der Waals surface area contributed by atoms with Gasteiger partial charge in [0.1, 0.15) is 5.76 Å². The molecule has 1 aromatic rings. The first kappa shape index (κ1) is 19.4. The molecule has 1 spiro atoms. The Balaban J connectivity index is 1.92. The maximum Gasteiger partial charge on any atom is 0.234 e. The Hall–Kier alpha value is -1.94. The Bertz CT molecular complexity index is 918. The van der Waals surface area contributed by atoms with Crippen LogP contribution in [-0.4, -0.2) is 23.0 Å². The molecule has 0 aromatic heterocycles. The average molecular weight is 401 g/mol. The lowest BCUT2D eigenvalue weighted by Gasteiger charge is -2.41. The summed E-state index contributed by atoms with van der Waals surface area (Å²) < 4.78 is 6.24. The first-order valence-electron chi connectivity index (χ1n) is 9.73. The van der Waals surface area contributed by atoms with Crippen molar-refractivity contribution in [1.29, 1.82) is 0 Å². The molecule has 1 atom stereocenters. The molecule has 1 aliphatic heterocycles. The maximum atomic E-state index is 13.4. The number of hydrogen-bond donors (Lipinski definition) is 0. The number of benzene rings is 1. The van der Waals surface area contributed by atoms with Crippen LogP contribution < -0.4 is 0 Å². The van der Waals surface area contributed by atoms with Crippen molar-refractivity contribution in [1.82, 2.24) is 0 Å². The van der Waals surface area contributed by atoms with Gasteiger partial charge in [0.05, 0.1) is 5.92 Å². The Labute approximate surface area is 170 Å². The number of rotatable bonds is 1. The number of ether oxygens (including phenoxy) is 1. The van der Waals surface area contributed by atoms with E-state index in [1.54, 1.807) is 18.2 Å². The normalized spacial score (nSPS) is 27.8. The first-order valence-corrected chi connectivity index (χ1v) is 10.1. The predicted octanol–water partition coefficient (Wildman–Crippen LogP) is 4.79. The van der Waals surface area contributed by atoms with Crippen molar-refractivity contribution in [2.24, 2.45) is 10.8 Å². The molecule has 2 aliphatic carbocycles. The van der Waals surface area contributed by atoms with E-state index in [9.17, 15) is 14.4 Å². The molecular formula is C23H25ClO4. The van der Waals surface area contributed by atoms with Crippen molar-refractivity contribution in [2.75, 3.05) is 0 Å². The monoisotopic (exact) mass is 400 g/mol. The molecule has 1 fully saturated rings. The summed E-state index contributed by atoms with van der Waals surface area (Å²) in [5.41, 5.74) is -1.13. The van der Waals surface area contributed by atoms with Crippen LogP contribution in [0.1, 0.15) is 64.9 Å². The molecule has 3 aliphatic rings. The van der Waals surface area contributed by atoms with Crippen molar-refractivity contribution in [3.63, 3.8) is 0 Å². The minimum atomic E-state index is -1.64. The van der Waals surface area contributed by atoms with Crippen LogP contribution in [0.5, 0.6) is 0 Å². The third kappa shape index (κ3) is 2.85. The topological polar surface area (TPSA) is 60.4 Å². The van der Waals surface area contributed by atoms with Gasteiger partial charge in [-0.25, -0.2) is 0 Å². The van der Waals surface area contributed by atoms with Gasteiger partial charge in [0.15, 0.2) is 17.3 Å². The summed E-state index contributed by atoms with van der Waals surface area (Å²) in [6.45, 7) is 7.84. The van der Waals surface area contributed by atoms with Gasteiger partial charge in [0.2, 0.25) is 5.60 Å². The molecule has 0 amide bonds. The maximum absolute atomic E-state index is 13.4. The van der Waals surface area contributed by atoms with E-state index in [1.807, 2.05) is 33.8 Å². The number of ketones is 3. The summed E-state index contributed by atoms with van der Waals surface area (Å²) in [4.78, 5) is 39.9. The van der Waals surface area contributed by atoms with E-state index >= 15 is 0 Å². The molecule has 0 bridgehead atoms. The zero-order valence-corrected chi connectivity index (χ0v) is 17.5. The highest BCUT2D eigenvalue weighted by atomic mass is 35.5. The summed E-state index contributed by atoms with van der Waals surface area (Å²) in [6.07, 6.45) is 1.40. The highest BCUT2D eigenvalue weighted by Crippen LogP contribution is 2.57. The van der Waals surface area contributed by atoms with Crippen LogP contribution in [-0.2, 0) is 19.1 Å². The number of carbonyl (C=O) groups excluding carboxylic acids is 3. The summed E-state index contributed by atoms with van der Waals surface area (Å²) >= 11 is 6.21. The molecule has 1 saturated carbocycles. The lowest BCUT2D eigenvalue weighted by molar-refractivity contribution is -0.160. The van der Waals surface area contributed by atoms with E-state index in [1.165, 1.54) is 0 Å². The van der Waals surface area contributed by atoms with Crippen molar-refractivity contribution in [3.05, 3.63) is 46.2 Å². The molecule has 0 radical (unpaired) electrons. The Morgan fingerprint density at radius 2 is 1.54 bits per heavy atom. The molecular weight excluding hydrogens is 376 g/mol. The fourth-order valence-corrected chi connectivity index (χ4v) is 5.22. The molecule has 4 rings (SSSR count). The summed E-state index contributed by atoms with van der Waals surface area (Å²) in [5.74, 6) is -0.732. The largest absolute Gasteiger partial charge is 0.474 e. The lowest BCUT2D eigenvalue weighted by atomic mass is 9.61. The van der Waals surface area contributed by atoms with E-state index < -0.39 is 16.9 Å². The molecule has 28 heavy (non-hydrogen) atoms. The van der Waals surface area contributed by atoms with Crippen molar-refractivity contribution in [2.45, 2.75) is 64.9 Å². The second-order valence-electron chi connectivity index (χ2n) is 9.97. The number of Topliss-reactive ketones (excluding diaryl/α,β-unsaturated/α-hetero) is 3. The predicted molar refractivity (Wildman–Crippen MR) is 106 cm³/mol. The van der Waals surface area contributed by atoms with Gasteiger partial charge >= 0.3 is 0 Å². The van der Waals surface area contributed by atoms with E-state index in [2.05, 4.69) is 0 Å². The van der Waals surface area contributed by atoms with E-state index in [4.69, 9.17) is 16.3 Å². The van der Waals surface area contributed by atoms with Crippen LogP contribution >= 0.6 is 11.6 Å². The fraction of sp³-hybridized carbons (Fsp3) is 0.522. The molecule has 0 N–H and O–H groups in total. The highest BCUT2D eigenvalue weighted by Gasteiger charge is 2.65. The summed E-state index contributed by atoms with van der Waals surface area (Å²) in [5, 5.41) is 0.501. The molecule has 0 saturated heterocycles. The average Bonchev–Trinajstić information content (AvgIpc) is 2.87. The van der Waals surface area contributed by atoms with Gasteiger partial charge in [-0.2, -0.15) is 0 Å². The third-order valence-electron chi connectivity index (χ3n) is 6.15. The van der Waals surface area contributed by atoms with Gasteiger partial charge in [-0.3, -0.25) is 14.4 Å². The van der Waals surface area contributed by atoms with Gasteiger partial charge in [0, 0.05) is 36.3 Å². The zero-order chi connectivity index (χ0) is 20.5. The lowest BCUT2D eigenvalue weighted by Crippen LogP contribution is -2.57. The third-order valence-corrected chi connectivity index (χ3v) is 6.38. The van der Waals surface area contributed by atoms with Crippen LogP contribution in [0.2, 0.25) is 5.02 Å². The van der Waals surface area contributed by atoms with Gasteiger partial charge in [-0.1, -0.05) is 51.4 Å². The highest BCUT2D eigenvalue weighted by molar-refractivity contribution is 6.30. The minimum absolute atomic E-state index is 0.0430. The van der Waals surface area contributed by atoms with Gasteiger partial charge in [-0.15, -0.1) is 0 Å². The molecule has 1 heterocycles. The first-order chi connectivity index (χ1) is 13.0. The zero-order valence-electron chi connectivity index (χ0n) is 16.7. The van der Waals surface area contributed by atoms with E-state index in [0.717, 1.165) is 0 Å². The van der Waals surface area contributed by atoms with Crippen LogP contribution in [0.3, 0.4) is 0 Å². The van der Waals surface area contributed by atoms with Crippen molar-refractivity contribution >= 4 is 29.0 Å². The Morgan fingerprint density at radius 1 is 0.929 bits per heavy atom. The SMILES string of the molecule is CC1(C)CC(=O)C2(OC3=C(C(=O)CC(C)(C)C3)[C@@H]2c2cccc(Cl)c2)C(=O)C1. The summed E-state index contributed by atoms with van der Waals surface area (Å²) in [7, 11) is 0. The van der Waals surface area contributed by atoms with Crippen molar-refractivity contribution in [3.8, 4) is 0 Å². The van der Waals surface area contributed by atoms with E-state index in [-0.39, 0.29) is 35.6 Å². The molecule has 148 valence electrons. The fourth-order valence-electron chi connectivity index (χ4n) is 5.02. The molecule has 1 aromatic carbocycles. The van der Waals surface area contributed by atoms with Crippen LogP contribution in [0.15, 0.2) is 35.6 Å². The molecule has 5 heteroatoms. The van der Waals surface area contributed by atoms with Crippen LogP contribution in [0.4, 0.5) is 0 Å². The van der Waals surface area contributed by atoms with Crippen molar-refractivity contribution < 1.29 is 19.1 Å².